The fraction of sp³-hybridized carbons (Fsp3) is 0.0185. The maximum absolute atomic E-state index is 6.23. The van der Waals surface area contributed by atoms with Crippen molar-refractivity contribution in [3.05, 3.63) is 229 Å². The molecule has 0 atom stereocenters. The number of fused-ring (bicyclic) bond motifs is 12. The van der Waals surface area contributed by atoms with Crippen molar-refractivity contribution in [2.75, 3.05) is 4.90 Å². The molecular formula is C54H34N2O. The Morgan fingerprint density at radius 1 is 0.368 bits per heavy atom. The smallest absolute Gasteiger partial charge is 0.138 e. The number of benzene rings is 8. The van der Waals surface area contributed by atoms with Crippen LogP contribution in [0.2, 0.25) is 0 Å². The summed E-state index contributed by atoms with van der Waals surface area (Å²) in [4.78, 5) is 7.85. The third-order valence-corrected chi connectivity index (χ3v) is 12.1. The topological polar surface area (TPSA) is 29.3 Å². The number of anilines is 3. The van der Waals surface area contributed by atoms with Crippen LogP contribution in [0.1, 0.15) is 22.3 Å². The largest absolute Gasteiger partial charge is 0.456 e. The molecule has 8 aromatic carbocycles. The second-order valence-electron chi connectivity index (χ2n) is 15.1. The zero-order valence-electron chi connectivity index (χ0n) is 30.9. The van der Waals surface area contributed by atoms with E-state index in [4.69, 9.17) is 9.40 Å². The number of para-hydroxylation sites is 3. The average Bonchev–Trinajstić information content (AvgIpc) is 3.80. The summed E-state index contributed by atoms with van der Waals surface area (Å²) in [5.74, 6) is 0.880. The molecule has 0 saturated carbocycles. The monoisotopic (exact) mass is 726 g/mol. The SMILES string of the molecule is c1ccc(-c2cc(-c3ccccc3)nc(N3c4ccccc4C4(c5ccccc5-c5ccc(-c6ccc7oc8ccccc8c7c6)cc54)c4ccccc43)c2)cc1. The van der Waals surface area contributed by atoms with Gasteiger partial charge in [0.15, 0.2) is 0 Å². The Morgan fingerprint density at radius 2 is 0.947 bits per heavy atom. The van der Waals surface area contributed by atoms with Gasteiger partial charge in [-0.05, 0) is 104 Å². The molecule has 0 bridgehead atoms. The van der Waals surface area contributed by atoms with Gasteiger partial charge in [-0.3, -0.25) is 4.90 Å². The van der Waals surface area contributed by atoms with E-state index in [0.29, 0.717) is 0 Å². The van der Waals surface area contributed by atoms with Crippen LogP contribution in [0, 0.1) is 0 Å². The first-order valence-electron chi connectivity index (χ1n) is 19.5. The van der Waals surface area contributed by atoms with Crippen LogP contribution in [0.5, 0.6) is 0 Å². The predicted molar refractivity (Wildman–Crippen MR) is 233 cm³/mol. The Labute approximate surface area is 330 Å². The first-order valence-corrected chi connectivity index (χ1v) is 19.5. The molecule has 0 unspecified atom stereocenters. The van der Waals surface area contributed by atoms with Crippen molar-refractivity contribution >= 4 is 39.1 Å². The highest BCUT2D eigenvalue weighted by Crippen LogP contribution is 2.63. The molecule has 0 N–H and O–H groups in total. The third-order valence-electron chi connectivity index (χ3n) is 12.1. The predicted octanol–water partition coefficient (Wildman–Crippen LogP) is 14.1. The van der Waals surface area contributed by atoms with E-state index in [1.165, 1.54) is 38.9 Å². The fourth-order valence-electron chi connectivity index (χ4n) is 9.62. The van der Waals surface area contributed by atoms with Gasteiger partial charge in [0.1, 0.15) is 17.0 Å². The van der Waals surface area contributed by atoms with Gasteiger partial charge >= 0.3 is 0 Å². The van der Waals surface area contributed by atoms with Crippen LogP contribution in [-0.2, 0) is 5.41 Å². The summed E-state index contributed by atoms with van der Waals surface area (Å²) in [5.41, 5.74) is 17.7. The lowest BCUT2D eigenvalue weighted by atomic mass is 9.64. The molecule has 0 radical (unpaired) electrons. The van der Waals surface area contributed by atoms with Crippen LogP contribution >= 0.6 is 0 Å². The van der Waals surface area contributed by atoms with Crippen molar-refractivity contribution in [1.82, 2.24) is 4.98 Å². The van der Waals surface area contributed by atoms with Crippen LogP contribution in [0.3, 0.4) is 0 Å². The van der Waals surface area contributed by atoms with Gasteiger partial charge in [0.05, 0.1) is 22.5 Å². The Kier molecular flexibility index (Phi) is 6.84. The van der Waals surface area contributed by atoms with Crippen molar-refractivity contribution in [2.24, 2.45) is 0 Å². The molecule has 3 nitrogen and oxygen atoms in total. The van der Waals surface area contributed by atoms with Crippen molar-refractivity contribution in [1.29, 1.82) is 0 Å². The molecule has 10 aromatic rings. The highest BCUT2D eigenvalue weighted by Gasteiger charge is 2.51. The van der Waals surface area contributed by atoms with E-state index >= 15 is 0 Å². The first-order chi connectivity index (χ1) is 28.3. The maximum Gasteiger partial charge on any atom is 0.138 e. The lowest BCUT2D eigenvalue weighted by Gasteiger charge is -2.44. The number of hydrogen-bond acceptors (Lipinski definition) is 3. The molecule has 0 fully saturated rings. The van der Waals surface area contributed by atoms with Crippen molar-refractivity contribution in [3.63, 3.8) is 0 Å². The van der Waals surface area contributed by atoms with Gasteiger partial charge in [-0.2, -0.15) is 0 Å². The van der Waals surface area contributed by atoms with Gasteiger partial charge in [-0.25, -0.2) is 4.98 Å². The molecule has 0 amide bonds. The molecule has 2 aromatic heterocycles. The summed E-state index contributed by atoms with van der Waals surface area (Å²) in [7, 11) is 0. The quantitative estimate of drug-likeness (QED) is 0.181. The molecule has 1 aliphatic carbocycles. The van der Waals surface area contributed by atoms with Crippen LogP contribution < -0.4 is 4.90 Å². The van der Waals surface area contributed by atoms with Gasteiger partial charge in [0.2, 0.25) is 0 Å². The van der Waals surface area contributed by atoms with E-state index in [1.807, 2.05) is 12.1 Å². The average molecular weight is 727 g/mol. The molecule has 266 valence electrons. The minimum atomic E-state index is -0.572. The van der Waals surface area contributed by atoms with Crippen LogP contribution in [0.15, 0.2) is 211 Å². The Morgan fingerprint density at radius 3 is 1.72 bits per heavy atom. The lowest BCUT2D eigenvalue weighted by Crippen LogP contribution is -2.36. The molecule has 3 heteroatoms. The Balaban J connectivity index is 1.11. The second kappa shape index (κ2) is 12.3. The van der Waals surface area contributed by atoms with Crippen LogP contribution in [0.25, 0.3) is 66.6 Å². The van der Waals surface area contributed by atoms with E-state index in [-0.39, 0.29) is 0 Å². The summed E-state index contributed by atoms with van der Waals surface area (Å²) in [6.45, 7) is 0. The second-order valence-corrected chi connectivity index (χ2v) is 15.1. The van der Waals surface area contributed by atoms with Crippen LogP contribution in [-0.4, -0.2) is 4.98 Å². The van der Waals surface area contributed by atoms with E-state index in [2.05, 4.69) is 199 Å². The number of pyridine rings is 1. The Hall–Kier alpha value is -7.49. The molecular weight excluding hydrogens is 693 g/mol. The highest BCUT2D eigenvalue weighted by molar-refractivity contribution is 6.06. The van der Waals surface area contributed by atoms with E-state index < -0.39 is 5.41 Å². The maximum atomic E-state index is 6.23. The van der Waals surface area contributed by atoms with E-state index in [9.17, 15) is 0 Å². The fourth-order valence-corrected chi connectivity index (χ4v) is 9.62. The molecule has 0 saturated heterocycles. The zero-order chi connectivity index (χ0) is 37.5. The molecule has 57 heavy (non-hydrogen) atoms. The summed E-state index contributed by atoms with van der Waals surface area (Å²) in [5, 5.41) is 2.26. The number of hydrogen-bond donors (Lipinski definition) is 0. The van der Waals surface area contributed by atoms with Crippen molar-refractivity contribution in [2.45, 2.75) is 5.41 Å². The summed E-state index contributed by atoms with van der Waals surface area (Å²) < 4.78 is 6.23. The van der Waals surface area contributed by atoms with Gasteiger partial charge in [-0.15, -0.1) is 0 Å². The third kappa shape index (κ3) is 4.63. The summed E-state index contributed by atoms with van der Waals surface area (Å²) >= 11 is 0. The van der Waals surface area contributed by atoms with Crippen LogP contribution in [0.4, 0.5) is 17.2 Å². The number of furan rings is 1. The number of nitrogens with zero attached hydrogens (tertiary/aromatic N) is 2. The summed E-state index contributed by atoms with van der Waals surface area (Å²) in [6.07, 6.45) is 0. The van der Waals surface area contributed by atoms with E-state index in [1.54, 1.807) is 0 Å². The van der Waals surface area contributed by atoms with E-state index in [0.717, 1.165) is 67.1 Å². The normalized spacial score (nSPS) is 13.4. The highest BCUT2D eigenvalue weighted by atomic mass is 16.3. The Bertz CT molecular complexity index is 3090. The molecule has 1 spiro atoms. The lowest BCUT2D eigenvalue weighted by molar-refractivity contribution is 0.669. The van der Waals surface area contributed by atoms with Gasteiger partial charge < -0.3 is 4.42 Å². The molecule has 12 rings (SSSR count). The zero-order valence-corrected chi connectivity index (χ0v) is 30.9. The first kappa shape index (κ1) is 31.8. The van der Waals surface area contributed by atoms with Gasteiger partial charge in [-0.1, -0.05) is 158 Å². The number of rotatable bonds is 4. The van der Waals surface area contributed by atoms with Gasteiger partial charge in [0, 0.05) is 16.3 Å². The van der Waals surface area contributed by atoms with Crippen molar-refractivity contribution < 1.29 is 4.42 Å². The minimum Gasteiger partial charge on any atom is -0.456 e. The molecule has 2 aliphatic rings. The molecule has 1 aliphatic heterocycles. The van der Waals surface area contributed by atoms with Gasteiger partial charge in [0.25, 0.3) is 0 Å². The number of aromatic nitrogens is 1. The van der Waals surface area contributed by atoms with Crippen molar-refractivity contribution in [3.8, 4) is 44.6 Å². The standard InChI is InChI=1S/C54H34N2O/c1-3-15-35(16-4-1)39-33-48(36-17-5-2-6-18-36)55-53(34-39)56-49-24-12-10-22-45(49)54(46-23-11-13-25-50(46)56)44-21-9-7-19-40(44)41-29-27-38(32-47(41)54)37-28-30-52-43(31-37)42-20-8-14-26-51(42)57-52/h1-34H. The minimum absolute atomic E-state index is 0.572. The summed E-state index contributed by atoms with van der Waals surface area (Å²) in [6, 6.07) is 74.5. The molecule has 3 heterocycles.